The molecule has 2 aromatic rings. The van der Waals surface area contributed by atoms with Gasteiger partial charge in [0.15, 0.2) is 0 Å². The lowest BCUT2D eigenvalue weighted by Gasteiger charge is -2.09. The second-order valence-corrected chi connectivity index (χ2v) is 3.87. The van der Waals surface area contributed by atoms with Gasteiger partial charge in [-0.15, -0.1) is 0 Å². The van der Waals surface area contributed by atoms with Crippen molar-refractivity contribution in [2.45, 2.75) is 13.5 Å². The van der Waals surface area contributed by atoms with Gasteiger partial charge in [0.25, 0.3) is 5.91 Å². The summed E-state index contributed by atoms with van der Waals surface area (Å²) in [5.41, 5.74) is 6.53. The summed E-state index contributed by atoms with van der Waals surface area (Å²) in [5, 5.41) is 2.51. The van der Waals surface area contributed by atoms with Crippen molar-refractivity contribution in [1.29, 1.82) is 0 Å². The van der Waals surface area contributed by atoms with Crippen LogP contribution in [0.5, 0.6) is 0 Å². The highest BCUT2D eigenvalue weighted by molar-refractivity contribution is 6.03. The first-order chi connectivity index (χ1) is 8.61. The predicted octanol–water partition coefficient (Wildman–Crippen LogP) is 2.48. The number of halogens is 1. The summed E-state index contributed by atoms with van der Waals surface area (Å²) in [5.74, 6) is -0.862. The minimum atomic E-state index is -0.507. The Morgan fingerprint density at radius 1 is 1.44 bits per heavy atom. The number of nitrogens with zero attached hydrogens (tertiary/aromatic N) is 1. The van der Waals surface area contributed by atoms with E-state index in [0.717, 1.165) is 0 Å². The van der Waals surface area contributed by atoms with Crippen molar-refractivity contribution in [2.24, 2.45) is 0 Å². The Hall–Kier alpha value is -2.30. The van der Waals surface area contributed by atoms with E-state index < -0.39 is 5.82 Å². The number of rotatable bonds is 3. The fourth-order valence-corrected chi connectivity index (χ4v) is 1.72. The summed E-state index contributed by atoms with van der Waals surface area (Å²) in [7, 11) is 0. The number of nitrogens with two attached hydrogens (primary N) is 1. The Kier molecular flexibility index (Phi) is 3.32. The Labute approximate surface area is 104 Å². The molecule has 1 amide bonds. The van der Waals surface area contributed by atoms with Crippen LogP contribution in [-0.4, -0.2) is 10.5 Å². The minimum Gasteiger partial charge on any atom is -0.399 e. The number of hydrogen-bond donors (Lipinski definition) is 2. The van der Waals surface area contributed by atoms with Gasteiger partial charge in [0.05, 0.1) is 5.69 Å². The van der Waals surface area contributed by atoms with E-state index in [1.165, 1.54) is 18.2 Å². The summed E-state index contributed by atoms with van der Waals surface area (Å²) < 4.78 is 15.3. The maximum Gasteiger partial charge on any atom is 0.272 e. The molecule has 0 bridgehead atoms. The summed E-state index contributed by atoms with van der Waals surface area (Å²) >= 11 is 0. The van der Waals surface area contributed by atoms with E-state index in [1.54, 1.807) is 22.9 Å². The average Bonchev–Trinajstić information content (AvgIpc) is 2.82. The Bertz CT molecular complexity index is 577. The highest BCUT2D eigenvalue weighted by atomic mass is 19.1. The molecule has 2 rings (SSSR count). The lowest BCUT2D eigenvalue weighted by atomic mass is 10.2. The van der Waals surface area contributed by atoms with E-state index in [-0.39, 0.29) is 11.6 Å². The zero-order valence-corrected chi connectivity index (χ0v) is 9.98. The molecule has 5 heteroatoms. The second kappa shape index (κ2) is 4.91. The van der Waals surface area contributed by atoms with Crippen LogP contribution in [0.3, 0.4) is 0 Å². The minimum absolute atomic E-state index is 0.0869. The topological polar surface area (TPSA) is 60.0 Å². The maximum atomic E-state index is 13.5. The zero-order valence-electron chi connectivity index (χ0n) is 9.98. The van der Waals surface area contributed by atoms with Crippen LogP contribution < -0.4 is 11.1 Å². The van der Waals surface area contributed by atoms with Crippen LogP contribution in [0.4, 0.5) is 15.8 Å². The SMILES string of the molecule is CCn1cccc1C(=O)Nc1cc(N)ccc1F. The van der Waals surface area contributed by atoms with Gasteiger partial charge in [-0.25, -0.2) is 4.39 Å². The largest absolute Gasteiger partial charge is 0.399 e. The molecule has 94 valence electrons. The Balaban J connectivity index is 2.24. The van der Waals surface area contributed by atoms with Crippen LogP contribution >= 0.6 is 0 Å². The Morgan fingerprint density at radius 2 is 2.22 bits per heavy atom. The highest BCUT2D eigenvalue weighted by Crippen LogP contribution is 2.18. The van der Waals surface area contributed by atoms with Crippen molar-refractivity contribution in [3.05, 3.63) is 48.0 Å². The third-order valence-electron chi connectivity index (χ3n) is 2.64. The van der Waals surface area contributed by atoms with Gasteiger partial charge in [0.2, 0.25) is 0 Å². The number of carbonyl (C=O) groups is 1. The molecular weight excluding hydrogens is 233 g/mol. The summed E-state index contributed by atoms with van der Waals surface area (Å²) in [6, 6.07) is 7.52. The van der Waals surface area contributed by atoms with Crippen LogP contribution in [0.1, 0.15) is 17.4 Å². The van der Waals surface area contributed by atoms with Crippen LogP contribution in [0, 0.1) is 5.82 Å². The van der Waals surface area contributed by atoms with Crippen LogP contribution in [0.25, 0.3) is 0 Å². The Morgan fingerprint density at radius 3 is 2.94 bits per heavy atom. The van der Waals surface area contributed by atoms with Crippen molar-refractivity contribution >= 4 is 17.3 Å². The van der Waals surface area contributed by atoms with Crippen LogP contribution in [0.15, 0.2) is 36.5 Å². The van der Waals surface area contributed by atoms with Gasteiger partial charge in [-0.2, -0.15) is 0 Å². The molecule has 1 aromatic carbocycles. The maximum absolute atomic E-state index is 13.5. The fourth-order valence-electron chi connectivity index (χ4n) is 1.72. The van der Waals surface area contributed by atoms with Gasteiger partial charge in [0.1, 0.15) is 11.5 Å². The molecule has 0 atom stereocenters. The van der Waals surface area contributed by atoms with Crippen molar-refractivity contribution in [3.63, 3.8) is 0 Å². The molecule has 1 heterocycles. The van der Waals surface area contributed by atoms with Crippen molar-refractivity contribution in [1.82, 2.24) is 4.57 Å². The number of nitrogens with one attached hydrogen (secondary N) is 1. The van der Waals surface area contributed by atoms with E-state index in [4.69, 9.17) is 5.73 Å². The van der Waals surface area contributed by atoms with Gasteiger partial charge in [-0.05, 0) is 37.3 Å². The molecule has 0 radical (unpaired) electrons. The number of carbonyl (C=O) groups excluding carboxylic acids is 1. The van der Waals surface area contributed by atoms with Gasteiger partial charge in [-0.1, -0.05) is 0 Å². The number of hydrogen-bond acceptors (Lipinski definition) is 2. The molecule has 0 aliphatic carbocycles. The molecule has 0 fully saturated rings. The number of aryl methyl sites for hydroxylation is 1. The molecule has 0 aliphatic heterocycles. The van der Waals surface area contributed by atoms with E-state index >= 15 is 0 Å². The van der Waals surface area contributed by atoms with Gasteiger partial charge in [-0.3, -0.25) is 4.79 Å². The number of aromatic nitrogens is 1. The first-order valence-corrected chi connectivity index (χ1v) is 5.63. The summed E-state index contributed by atoms with van der Waals surface area (Å²) in [6.07, 6.45) is 1.80. The zero-order chi connectivity index (χ0) is 13.1. The first-order valence-electron chi connectivity index (χ1n) is 5.63. The fraction of sp³-hybridized carbons (Fsp3) is 0.154. The van der Waals surface area contributed by atoms with Gasteiger partial charge >= 0.3 is 0 Å². The predicted molar refractivity (Wildman–Crippen MR) is 68.9 cm³/mol. The molecule has 4 nitrogen and oxygen atoms in total. The molecule has 0 saturated heterocycles. The molecule has 0 unspecified atom stereocenters. The number of amides is 1. The first kappa shape index (κ1) is 12.2. The van der Waals surface area contributed by atoms with Crippen molar-refractivity contribution < 1.29 is 9.18 Å². The lowest BCUT2D eigenvalue weighted by Crippen LogP contribution is -2.17. The molecule has 0 spiro atoms. The van der Waals surface area contributed by atoms with Gasteiger partial charge in [0, 0.05) is 18.4 Å². The van der Waals surface area contributed by atoms with Gasteiger partial charge < -0.3 is 15.6 Å². The van der Waals surface area contributed by atoms with E-state index in [0.29, 0.717) is 17.9 Å². The van der Waals surface area contributed by atoms with Crippen LogP contribution in [0.2, 0.25) is 0 Å². The highest BCUT2D eigenvalue weighted by Gasteiger charge is 2.12. The molecule has 0 aliphatic rings. The van der Waals surface area contributed by atoms with E-state index in [1.807, 2.05) is 6.92 Å². The second-order valence-electron chi connectivity index (χ2n) is 3.87. The quantitative estimate of drug-likeness (QED) is 0.818. The standard InChI is InChI=1S/C13H14FN3O/c1-2-17-7-3-4-12(17)13(18)16-11-8-9(15)5-6-10(11)14/h3-8H,2,15H2,1H3,(H,16,18). The number of benzene rings is 1. The monoisotopic (exact) mass is 247 g/mol. The number of nitrogen functional groups attached to an aromatic ring is 1. The van der Waals surface area contributed by atoms with E-state index in [2.05, 4.69) is 5.32 Å². The third kappa shape index (κ3) is 2.34. The normalized spacial score (nSPS) is 10.3. The molecule has 18 heavy (non-hydrogen) atoms. The molecular formula is C13H14FN3O. The van der Waals surface area contributed by atoms with Crippen molar-refractivity contribution in [3.8, 4) is 0 Å². The molecule has 0 saturated carbocycles. The van der Waals surface area contributed by atoms with E-state index in [9.17, 15) is 9.18 Å². The molecule has 1 aromatic heterocycles. The van der Waals surface area contributed by atoms with Crippen LogP contribution in [-0.2, 0) is 6.54 Å². The summed E-state index contributed by atoms with van der Waals surface area (Å²) in [4.78, 5) is 12.0. The number of anilines is 2. The lowest BCUT2D eigenvalue weighted by molar-refractivity contribution is 0.101. The summed E-state index contributed by atoms with van der Waals surface area (Å²) in [6.45, 7) is 2.60. The molecule has 3 N–H and O–H groups in total. The average molecular weight is 247 g/mol. The third-order valence-corrected chi connectivity index (χ3v) is 2.64. The smallest absolute Gasteiger partial charge is 0.272 e. The van der Waals surface area contributed by atoms with Crippen molar-refractivity contribution in [2.75, 3.05) is 11.1 Å².